The van der Waals surface area contributed by atoms with E-state index < -0.39 is 7.29 Å². The van der Waals surface area contributed by atoms with Gasteiger partial charge in [-0.3, -0.25) is 9.65 Å². The number of rotatable bonds is 6. The largest absolute Gasteiger partial charge is 0.297 e. The van der Waals surface area contributed by atoms with Crippen molar-refractivity contribution in [3.05, 3.63) is 60.7 Å². The molecule has 2 nitrogen and oxygen atoms in total. The van der Waals surface area contributed by atoms with Gasteiger partial charge in [-0.1, -0.05) is 57.2 Å². The number of hydrogen-bond donors (Lipinski definition) is 1. The lowest BCUT2D eigenvalue weighted by atomic mass is 10.0. The van der Waals surface area contributed by atoms with Crippen molar-refractivity contribution in [3.8, 4) is 0 Å². The predicted octanol–water partition coefficient (Wildman–Crippen LogP) is 3.94. The Kier molecular flexibility index (Phi) is 5.39. The standard InChI is InChI=1S/C18H24NOP/c1-4-18(15(2)3)19-21(20,16-11-7-5-8-12-16)17-13-9-6-10-14-17/h5-15,18H,4H2,1-3H3,(H,19,20)/t18-/m1/s1. The highest BCUT2D eigenvalue weighted by Gasteiger charge is 2.30. The maximum Gasteiger partial charge on any atom is 0.204 e. The van der Waals surface area contributed by atoms with Gasteiger partial charge in [-0.05, 0) is 36.6 Å². The Morgan fingerprint density at radius 2 is 1.33 bits per heavy atom. The topological polar surface area (TPSA) is 29.1 Å². The first-order valence-corrected chi connectivity index (χ1v) is 9.27. The zero-order valence-corrected chi connectivity index (χ0v) is 13.9. The molecule has 0 radical (unpaired) electrons. The van der Waals surface area contributed by atoms with Crippen LogP contribution in [0.15, 0.2) is 60.7 Å². The molecule has 2 aromatic rings. The summed E-state index contributed by atoms with van der Waals surface area (Å²) in [7, 11) is -2.80. The Morgan fingerprint density at radius 1 is 0.905 bits per heavy atom. The van der Waals surface area contributed by atoms with Gasteiger partial charge in [-0.25, -0.2) is 0 Å². The lowest BCUT2D eigenvalue weighted by Gasteiger charge is -2.28. The zero-order valence-electron chi connectivity index (χ0n) is 13.0. The minimum atomic E-state index is -2.80. The van der Waals surface area contributed by atoms with Gasteiger partial charge in [-0.2, -0.15) is 0 Å². The molecule has 0 bridgehead atoms. The van der Waals surface area contributed by atoms with Crippen molar-refractivity contribution < 1.29 is 4.57 Å². The molecule has 0 saturated carbocycles. The van der Waals surface area contributed by atoms with Gasteiger partial charge in [0.15, 0.2) is 0 Å². The first kappa shape index (κ1) is 16.0. The Labute approximate surface area is 128 Å². The molecule has 21 heavy (non-hydrogen) atoms. The monoisotopic (exact) mass is 301 g/mol. The zero-order chi connectivity index (χ0) is 15.3. The smallest absolute Gasteiger partial charge is 0.204 e. The molecule has 1 N–H and O–H groups in total. The van der Waals surface area contributed by atoms with Gasteiger partial charge in [-0.15, -0.1) is 0 Å². The molecule has 0 aliphatic carbocycles. The van der Waals surface area contributed by atoms with Crippen LogP contribution in [0.1, 0.15) is 27.2 Å². The third-order valence-corrected chi connectivity index (χ3v) is 6.58. The van der Waals surface area contributed by atoms with Crippen molar-refractivity contribution >= 4 is 17.9 Å². The van der Waals surface area contributed by atoms with Crippen LogP contribution in [0.3, 0.4) is 0 Å². The van der Waals surface area contributed by atoms with Gasteiger partial charge in [0, 0.05) is 16.7 Å². The average Bonchev–Trinajstić information content (AvgIpc) is 2.53. The summed E-state index contributed by atoms with van der Waals surface area (Å²) in [5, 5.41) is 5.21. The average molecular weight is 301 g/mol. The summed E-state index contributed by atoms with van der Waals surface area (Å²) in [6, 6.07) is 19.7. The molecule has 0 heterocycles. The molecule has 0 unspecified atom stereocenters. The van der Waals surface area contributed by atoms with Crippen LogP contribution in [-0.2, 0) is 4.57 Å². The van der Waals surface area contributed by atoms with Gasteiger partial charge in [0.25, 0.3) is 0 Å². The third kappa shape index (κ3) is 3.64. The first-order chi connectivity index (χ1) is 10.1. The van der Waals surface area contributed by atoms with E-state index in [4.69, 9.17) is 0 Å². The summed E-state index contributed by atoms with van der Waals surface area (Å²) in [6.07, 6.45) is 0.960. The second kappa shape index (κ2) is 7.06. The Hall–Kier alpha value is -1.37. The van der Waals surface area contributed by atoms with Crippen molar-refractivity contribution in [2.75, 3.05) is 0 Å². The van der Waals surface area contributed by atoms with Gasteiger partial charge in [0.1, 0.15) is 0 Å². The van der Waals surface area contributed by atoms with Crippen LogP contribution in [0.4, 0.5) is 0 Å². The molecule has 0 aliphatic heterocycles. The number of benzene rings is 2. The van der Waals surface area contributed by atoms with E-state index in [1.807, 2.05) is 60.7 Å². The first-order valence-electron chi connectivity index (χ1n) is 7.57. The van der Waals surface area contributed by atoms with Crippen molar-refractivity contribution in [2.45, 2.75) is 33.2 Å². The Balaban J connectivity index is 2.48. The maximum absolute atomic E-state index is 13.8. The van der Waals surface area contributed by atoms with E-state index in [0.717, 1.165) is 17.0 Å². The molecular formula is C18H24NOP. The summed E-state index contributed by atoms with van der Waals surface area (Å²) in [6.45, 7) is 6.47. The molecule has 1 atom stereocenters. The van der Waals surface area contributed by atoms with E-state index >= 15 is 0 Å². The molecule has 0 amide bonds. The molecule has 0 fully saturated rings. The third-order valence-electron chi connectivity index (χ3n) is 3.83. The molecule has 0 aromatic heterocycles. The Bertz CT molecular complexity index is 552. The van der Waals surface area contributed by atoms with E-state index in [2.05, 4.69) is 25.9 Å². The van der Waals surface area contributed by atoms with E-state index in [1.165, 1.54) is 0 Å². The fourth-order valence-electron chi connectivity index (χ4n) is 2.52. The van der Waals surface area contributed by atoms with Gasteiger partial charge >= 0.3 is 0 Å². The van der Waals surface area contributed by atoms with Crippen molar-refractivity contribution in [1.29, 1.82) is 0 Å². The van der Waals surface area contributed by atoms with Crippen LogP contribution in [0.25, 0.3) is 0 Å². The minimum absolute atomic E-state index is 0.233. The fourth-order valence-corrected chi connectivity index (χ4v) is 5.25. The van der Waals surface area contributed by atoms with Gasteiger partial charge in [0.05, 0.1) is 0 Å². The molecule has 3 heteroatoms. The number of nitrogens with one attached hydrogen (secondary N) is 1. The minimum Gasteiger partial charge on any atom is -0.297 e. The molecule has 2 aromatic carbocycles. The summed E-state index contributed by atoms with van der Waals surface area (Å²) in [5.41, 5.74) is 0. The molecule has 2 rings (SSSR count). The number of hydrogen-bond acceptors (Lipinski definition) is 1. The predicted molar refractivity (Wildman–Crippen MR) is 91.8 cm³/mol. The van der Waals surface area contributed by atoms with Crippen LogP contribution >= 0.6 is 7.29 Å². The van der Waals surface area contributed by atoms with E-state index in [0.29, 0.717) is 5.92 Å². The highest BCUT2D eigenvalue weighted by atomic mass is 31.2. The second-order valence-electron chi connectivity index (χ2n) is 5.67. The molecular weight excluding hydrogens is 277 g/mol. The van der Waals surface area contributed by atoms with Gasteiger partial charge in [0.2, 0.25) is 7.29 Å². The van der Waals surface area contributed by atoms with Crippen LogP contribution in [0.5, 0.6) is 0 Å². The molecule has 0 spiro atoms. The lowest BCUT2D eigenvalue weighted by Crippen LogP contribution is -2.37. The van der Waals surface area contributed by atoms with E-state index in [1.54, 1.807) is 0 Å². The highest BCUT2D eigenvalue weighted by molar-refractivity contribution is 7.76. The van der Waals surface area contributed by atoms with Crippen LogP contribution in [-0.4, -0.2) is 6.04 Å². The molecule has 0 saturated heterocycles. The highest BCUT2D eigenvalue weighted by Crippen LogP contribution is 2.40. The van der Waals surface area contributed by atoms with Crippen molar-refractivity contribution in [3.63, 3.8) is 0 Å². The quantitative estimate of drug-likeness (QED) is 0.819. The summed E-state index contributed by atoms with van der Waals surface area (Å²) in [5.74, 6) is 0.441. The summed E-state index contributed by atoms with van der Waals surface area (Å²) in [4.78, 5) is 0. The van der Waals surface area contributed by atoms with Crippen LogP contribution in [0.2, 0.25) is 0 Å². The summed E-state index contributed by atoms with van der Waals surface area (Å²) < 4.78 is 13.8. The normalized spacial score (nSPS) is 13.3. The van der Waals surface area contributed by atoms with Crippen LogP contribution in [0, 0.1) is 5.92 Å². The summed E-state index contributed by atoms with van der Waals surface area (Å²) >= 11 is 0. The van der Waals surface area contributed by atoms with E-state index in [9.17, 15) is 4.57 Å². The Morgan fingerprint density at radius 3 is 1.67 bits per heavy atom. The molecule has 0 aliphatic rings. The maximum atomic E-state index is 13.8. The fraction of sp³-hybridized carbons (Fsp3) is 0.333. The second-order valence-corrected chi connectivity index (χ2v) is 8.18. The SMILES string of the molecule is CC[C@@H](NP(=O)(c1ccccc1)c1ccccc1)C(C)C. The lowest BCUT2D eigenvalue weighted by molar-refractivity contribution is 0.441. The van der Waals surface area contributed by atoms with Crippen molar-refractivity contribution in [1.82, 2.24) is 5.09 Å². The van der Waals surface area contributed by atoms with E-state index in [-0.39, 0.29) is 6.04 Å². The van der Waals surface area contributed by atoms with Crippen molar-refractivity contribution in [2.24, 2.45) is 5.92 Å². The van der Waals surface area contributed by atoms with Gasteiger partial charge < -0.3 is 0 Å². The van der Waals surface area contributed by atoms with Crippen LogP contribution < -0.4 is 15.7 Å². The molecule has 112 valence electrons.